The average Bonchev–Trinajstić information content (AvgIpc) is 3.17. The van der Waals surface area contributed by atoms with Crippen molar-refractivity contribution >= 4 is 27.6 Å². The average molecular weight is 344 g/mol. The third-order valence-corrected chi connectivity index (χ3v) is 4.89. The third-order valence-electron chi connectivity index (χ3n) is 4.89. The van der Waals surface area contributed by atoms with E-state index in [1.807, 2.05) is 24.3 Å². The molecule has 0 amide bonds. The summed E-state index contributed by atoms with van der Waals surface area (Å²) in [6, 6.07) is 9.33. The molecule has 0 radical (unpaired) electrons. The van der Waals surface area contributed by atoms with Gasteiger partial charge < -0.3 is 9.88 Å². The zero-order valence-electron chi connectivity index (χ0n) is 14.0. The van der Waals surface area contributed by atoms with E-state index in [2.05, 4.69) is 24.8 Å². The van der Waals surface area contributed by atoms with Crippen LogP contribution in [0.2, 0.25) is 0 Å². The van der Waals surface area contributed by atoms with Gasteiger partial charge in [-0.15, -0.1) is 0 Å². The minimum atomic E-state index is -0.103. The second kappa shape index (κ2) is 5.87. The Labute approximate surface area is 148 Å². The van der Waals surface area contributed by atoms with Gasteiger partial charge in [0, 0.05) is 18.1 Å². The molecule has 0 spiro atoms. The van der Waals surface area contributed by atoms with Crippen LogP contribution in [0, 0.1) is 0 Å². The van der Waals surface area contributed by atoms with Crippen LogP contribution in [0.3, 0.4) is 0 Å². The van der Waals surface area contributed by atoms with Crippen molar-refractivity contribution < 1.29 is 0 Å². The Morgan fingerprint density at radius 2 is 2.00 bits per heavy atom. The zero-order chi connectivity index (χ0) is 17.5. The Morgan fingerprint density at radius 1 is 1.08 bits per heavy atom. The van der Waals surface area contributed by atoms with Crippen molar-refractivity contribution in [3.8, 4) is 0 Å². The predicted octanol–water partition coefficient (Wildman–Crippen LogP) is 2.60. The summed E-state index contributed by atoms with van der Waals surface area (Å²) in [6.07, 6.45) is 6.97. The minimum absolute atomic E-state index is 0.0152. The Kier molecular flexibility index (Phi) is 3.38. The molecule has 1 atom stereocenters. The van der Waals surface area contributed by atoms with Crippen LogP contribution in [0.15, 0.2) is 53.8 Å². The monoisotopic (exact) mass is 344 g/mol. The molecule has 128 valence electrons. The van der Waals surface area contributed by atoms with E-state index >= 15 is 0 Å². The standard InChI is InChI=1S/C19H16N6O/c26-19-13-4-1-2-5-14(13)23-17(24-19)16-6-3-9-25(16)18-12-7-8-20-10-15(12)21-11-22-18/h1-2,4-5,7-8,10-11,16H,3,6,9H2,(H,23,24,26). The van der Waals surface area contributed by atoms with Crippen LogP contribution in [0.5, 0.6) is 0 Å². The van der Waals surface area contributed by atoms with Gasteiger partial charge in [0.25, 0.3) is 5.56 Å². The lowest BCUT2D eigenvalue weighted by Gasteiger charge is -2.26. The fraction of sp³-hybridized carbons (Fsp3) is 0.211. The predicted molar refractivity (Wildman–Crippen MR) is 99.0 cm³/mol. The van der Waals surface area contributed by atoms with E-state index in [0.717, 1.165) is 41.6 Å². The number of hydrogen-bond acceptors (Lipinski definition) is 6. The van der Waals surface area contributed by atoms with Gasteiger partial charge in [-0.1, -0.05) is 12.1 Å². The SMILES string of the molecule is O=c1[nH]c(C2CCCN2c2ncnc3cnccc23)nc2ccccc12. The molecule has 1 fully saturated rings. The lowest BCUT2D eigenvalue weighted by Crippen LogP contribution is -2.27. The molecule has 4 aromatic rings. The first-order chi connectivity index (χ1) is 12.8. The van der Waals surface area contributed by atoms with Crippen molar-refractivity contribution in [3.05, 3.63) is 65.2 Å². The highest BCUT2D eigenvalue weighted by atomic mass is 16.1. The molecule has 1 unspecified atom stereocenters. The van der Waals surface area contributed by atoms with Crippen LogP contribution in [-0.4, -0.2) is 31.5 Å². The Bertz CT molecular complexity index is 1170. The highest BCUT2D eigenvalue weighted by Gasteiger charge is 2.30. The first-order valence-electron chi connectivity index (χ1n) is 8.61. The van der Waals surface area contributed by atoms with Gasteiger partial charge in [-0.25, -0.2) is 15.0 Å². The number of rotatable bonds is 2. The molecular weight excluding hydrogens is 328 g/mol. The molecule has 1 aliphatic heterocycles. The van der Waals surface area contributed by atoms with Gasteiger partial charge in [0.15, 0.2) is 0 Å². The molecule has 7 heteroatoms. The zero-order valence-corrected chi connectivity index (χ0v) is 14.0. The Hall–Kier alpha value is -3.35. The molecule has 5 rings (SSSR count). The summed E-state index contributed by atoms with van der Waals surface area (Å²) in [4.78, 5) is 35.3. The van der Waals surface area contributed by atoms with Crippen molar-refractivity contribution in [2.75, 3.05) is 11.4 Å². The topological polar surface area (TPSA) is 87.7 Å². The summed E-state index contributed by atoms with van der Waals surface area (Å²) in [5.74, 6) is 1.54. The summed E-state index contributed by atoms with van der Waals surface area (Å²) in [7, 11) is 0. The summed E-state index contributed by atoms with van der Waals surface area (Å²) < 4.78 is 0. The molecule has 0 bridgehead atoms. The van der Waals surface area contributed by atoms with Crippen molar-refractivity contribution in [1.29, 1.82) is 0 Å². The van der Waals surface area contributed by atoms with E-state index in [-0.39, 0.29) is 11.6 Å². The lowest BCUT2D eigenvalue weighted by molar-refractivity contribution is 0.663. The smallest absolute Gasteiger partial charge is 0.258 e. The molecule has 7 nitrogen and oxygen atoms in total. The molecule has 0 aliphatic carbocycles. The van der Waals surface area contributed by atoms with Crippen LogP contribution in [0.4, 0.5) is 5.82 Å². The quantitative estimate of drug-likeness (QED) is 0.601. The summed E-state index contributed by atoms with van der Waals surface area (Å²) >= 11 is 0. The normalized spacial score (nSPS) is 17.2. The molecule has 1 N–H and O–H groups in total. The van der Waals surface area contributed by atoms with Gasteiger partial charge in [0.05, 0.1) is 28.7 Å². The van der Waals surface area contributed by atoms with Gasteiger partial charge in [-0.05, 0) is 31.0 Å². The van der Waals surface area contributed by atoms with Crippen molar-refractivity contribution in [2.45, 2.75) is 18.9 Å². The van der Waals surface area contributed by atoms with Crippen LogP contribution in [0.25, 0.3) is 21.8 Å². The summed E-state index contributed by atoms with van der Waals surface area (Å²) in [6.45, 7) is 0.857. The number of hydrogen-bond donors (Lipinski definition) is 1. The third kappa shape index (κ3) is 2.32. The Balaban J connectivity index is 1.64. The highest BCUT2D eigenvalue weighted by molar-refractivity contribution is 5.88. The van der Waals surface area contributed by atoms with E-state index in [0.29, 0.717) is 11.2 Å². The van der Waals surface area contributed by atoms with Gasteiger partial charge in [-0.2, -0.15) is 0 Å². The van der Waals surface area contributed by atoms with Crippen LogP contribution >= 0.6 is 0 Å². The van der Waals surface area contributed by atoms with E-state index in [1.54, 1.807) is 24.8 Å². The van der Waals surface area contributed by atoms with E-state index < -0.39 is 0 Å². The number of anilines is 1. The fourth-order valence-electron chi connectivity index (χ4n) is 3.69. The number of aromatic amines is 1. The highest BCUT2D eigenvalue weighted by Crippen LogP contribution is 2.36. The number of aromatic nitrogens is 5. The maximum atomic E-state index is 12.5. The number of H-pyrrole nitrogens is 1. The second-order valence-corrected chi connectivity index (χ2v) is 6.41. The second-order valence-electron chi connectivity index (χ2n) is 6.41. The number of nitrogens with one attached hydrogen (secondary N) is 1. The van der Waals surface area contributed by atoms with Gasteiger partial charge in [-0.3, -0.25) is 9.78 Å². The number of benzene rings is 1. The first-order valence-corrected chi connectivity index (χ1v) is 8.61. The molecule has 26 heavy (non-hydrogen) atoms. The summed E-state index contributed by atoms with van der Waals surface area (Å²) in [5.41, 5.74) is 1.42. The summed E-state index contributed by atoms with van der Waals surface area (Å²) in [5, 5.41) is 1.57. The van der Waals surface area contributed by atoms with Crippen LogP contribution in [-0.2, 0) is 0 Å². The largest absolute Gasteiger partial charge is 0.346 e. The molecule has 3 aromatic heterocycles. The van der Waals surface area contributed by atoms with Crippen molar-refractivity contribution in [1.82, 2.24) is 24.9 Å². The molecule has 1 saturated heterocycles. The van der Waals surface area contributed by atoms with Gasteiger partial charge in [0.2, 0.25) is 0 Å². The van der Waals surface area contributed by atoms with Crippen LogP contribution < -0.4 is 10.5 Å². The molecule has 0 saturated carbocycles. The van der Waals surface area contributed by atoms with E-state index in [4.69, 9.17) is 4.98 Å². The molecular formula is C19H16N6O. The number of nitrogens with zero attached hydrogens (tertiary/aromatic N) is 5. The fourth-order valence-corrected chi connectivity index (χ4v) is 3.69. The van der Waals surface area contributed by atoms with Gasteiger partial charge >= 0.3 is 0 Å². The maximum absolute atomic E-state index is 12.5. The van der Waals surface area contributed by atoms with Crippen molar-refractivity contribution in [2.24, 2.45) is 0 Å². The van der Waals surface area contributed by atoms with Gasteiger partial charge in [0.1, 0.15) is 18.0 Å². The number of fused-ring (bicyclic) bond motifs is 2. The lowest BCUT2D eigenvalue weighted by atomic mass is 10.1. The first kappa shape index (κ1) is 14.9. The Morgan fingerprint density at radius 3 is 2.96 bits per heavy atom. The number of para-hydroxylation sites is 1. The number of pyridine rings is 1. The van der Waals surface area contributed by atoms with Crippen LogP contribution in [0.1, 0.15) is 24.7 Å². The maximum Gasteiger partial charge on any atom is 0.258 e. The molecule has 1 aliphatic rings. The molecule has 1 aromatic carbocycles. The van der Waals surface area contributed by atoms with E-state index in [9.17, 15) is 4.79 Å². The minimum Gasteiger partial charge on any atom is -0.346 e. The van der Waals surface area contributed by atoms with Crippen molar-refractivity contribution in [3.63, 3.8) is 0 Å². The van der Waals surface area contributed by atoms with E-state index in [1.165, 1.54) is 0 Å². The molecule has 4 heterocycles.